The minimum absolute atomic E-state index is 0.174. The molecule has 0 aliphatic heterocycles. The molecular formula is C16H20OS. The van der Waals surface area contributed by atoms with Gasteiger partial charge in [0.2, 0.25) is 0 Å². The molecule has 0 saturated carbocycles. The van der Waals surface area contributed by atoms with E-state index >= 15 is 0 Å². The molecule has 0 saturated heterocycles. The van der Waals surface area contributed by atoms with Crippen molar-refractivity contribution in [2.24, 2.45) is 0 Å². The van der Waals surface area contributed by atoms with Gasteiger partial charge in [0.05, 0.1) is 0 Å². The maximum absolute atomic E-state index is 11.9. The summed E-state index contributed by atoms with van der Waals surface area (Å²) in [7, 11) is 0. The summed E-state index contributed by atoms with van der Waals surface area (Å²) in [6.07, 6.45) is 7.46. The highest BCUT2D eigenvalue weighted by Gasteiger charge is 2.02. The van der Waals surface area contributed by atoms with Crippen molar-refractivity contribution in [3.05, 3.63) is 45.4 Å². The Morgan fingerprint density at radius 1 is 1.06 bits per heavy atom. The SMILES string of the molecule is CCCCCCCc1cc(=O)c2ccccc2s1. The second-order valence-electron chi connectivity index (χ2n) is 4.74. The first-order chi connectivity index (χ1) is 8.81. The number of fused-ring (bicyclic) bond motifs is 1. The van der Waals surface area contributed by atoms with E-state index in [1.165, 1.54) is 37.0 Å². The molecule has 1 aromatic heterocycles. The normalized spacial score (nSPS) is 10.9. The van der Waals surface area contributed by atoms with Crippen LogP contribution >= 0.6 is 11.3 Å². The zero-order valence-corrected chi connectivity index (χ0v) is 11.8. The van der Waals surface area contributed by atoms with Crippen LogP contribution in [-0.2, 0) is 6.42 Å². The average Bonchev–Trinajstić information content (AvgIpc) is 2.39. The van der Waals surface area contributed by atoms with Gasteiger partial charge >= 0.3 is 0 Å². The third-order valence-electron chi connectivity index (χ3n) is 3.21. The Morgan fingerprint density at radius 3 is 2.67 bits per heavy atom. The van der Waals surface area contributed by atoms with Crippen LogP contribution in [0.3, 0.4) is 0 Å². The van der Waals surface area contributed by atoms with Gasteiger partial charge in [0.1, 0.15) is 0 Å². The van der Waals surface area contributed by atoms with Crippen molar-refractivity contribution >= 4 is 21.4 Å². The summed E-state index contributed by atoms with van der Waals surface area (Å²) in [6, 6.07) is 9.72. The lowest BCUT2D eigenvalue weighted by Crippen LogP contribution is -2.00. The Kier molecular flexibility index (Phi) is 4.94. The lowest BCUT2D eigenvalue weighted by atomic mass is 10.1. The molecule has 96 valence electrons. The van der Waals surface area contributed by atoms with E-state index in [1.54, 1.807) is 11.3 Å². The van der Waals surface area contributed by atoms with Crippen molar-refractivity contribution in [1.29, 1.82) is 0 Å². The van der Waals surface area contributed by atoms with Crippen LogP contribution in [0.5, 0.6) is 0 Å². The van der Waals surface area contributed by atoms with Crippen LogP contribution in [-0.4, -0.2) is 0 Å². The summed E-state index contributed by atoms with van der Waals surface area (Å²) < 4.78 is 1.12. The highest BCUT2D eigenvalue weighted by molar-refractivity contribution is 7.18. The van der Waals surface area contributed by atoms with Crippen LogP contribution in [0.2, 0.25) is 0 Å². The molecule has 0 aliphatic rings. The predicted molar refractivity (Wildman–Crippen MR) is 80.6 cm³/mol. The second kappa shape index (κ2) is 6.69. The average molecular weight is 260 g/mol. The first-order valence-electron chi connectivity index (χ1n) is 6.83. The van der Waals surface area contributed by atoms with Gasteiger partial charge in [0, 0.05) is 15.0 Å². The first-order valence-corrected chi connectivity index (χ1v) is 7.64. The van der Waals surface area contributed by atoms with E-state index in [0.29, 0.717) is 0 Å². The van der Waals surface area contributed by atoms with E-state index in [0.717, 1.165) is 16.5 Å². The molecule has 0 unspecified atom stereocenters. The maximum Gasteiger partial charge on any atom is 0.188 e. The summed E-state index contributed by atoms with van der Waals surface area (Å²) in [4.78, 5) is 13.2. The molecule has 0 spiro atoms. The van der Waals surface area contributed by atoms with Crippen molar-refractivity contribution in [3.8, 4) is 0 Å². The van der Waals surface area contributed by atoms with E-state index in [2.05, 4.69) is 6.92 Å². The first kappa shape index (κ1) is 13.3. The van der Waals surface area contributed by atoms with Crippen LogP contribution in [0.4, 0.5) is 0 Å². The van der Waals surface area contributed by atoms with Crippen LogP contribution in [0.25, 0.3) is 10.1 Å². The minimum Gasteiger partial charge on any atom is -0.289 e. The van der Waals surface area contributed by atoms with Crippen molar-refractivity contribution in [2.45, 2.75) is 45.4 Å². The van der Waals surface area contributed by atoms with Gasteiger partial charge in [-0.1, -0.05) is 44.7 Å². The van der Waals surface area contributed by atoms with Crippen LogP contribution in [0.15, 0.2) is 35.1 Å². The molecule has 2 rings (SSSR count). The number of hydrogen-bond acceptors (Lipinski definition) is 2. The molecule has 18 heavy (non-hydrogen) atoms. The lowest BCUT2D eigenvalue weighted by molar-refractivity contribution is 0.634. The van der Waals surface area contributed by atoms with Gasteiger partial charge < -0.3 is 0 Å². The predicted octanol–water partition coefficient (Wildman–Crippen LogP) is 4.77. The van der Waals surface area contributed by atoms with Gasteiger partial charge in [-0.2, -0.15) is 0 Å². The Balaban J connectivity index is 2.03. The Bertz CT molecular complexity index is 556. The fraction of sp³-hybridized carbons (Fsp3) is 0.438. The van der Waals surface area contributed by atoms with Gasteiger partial charge in [0.15, 0.2) is 5.43 Å². The highest BCUT2D eigenvalue weighted by atomic mass is 32.1. The Labute approximate surface area is 112 Å². The number of unbranched alkanes of at least 4 members (excludes halogenated alkanes) is 4. The van der Waals surface area contributed by atoms with Gasteiger partial charge in [-0.15, -0.1) is 11.3 Å². The smallest absolute Gasteiger partial charge is 0.188 e. The Morgan fingerprint density at radius 2 is 1.83 bits per heavy atom. The topological polar surface area (TPSA) is 17.1 Å². The summed E-state index contributed by atoms with van der Waals surface area (Å²) in [6.45, 7) is 2.23. The van der Waals surface area contributed by atoms with Crippen LogP contribution in [0, 0.1) is 0 Å². The largest absolute Gasteiger partial charge is 0.289 e. The second-order valence-corrected chi connectivity index (χ2v) is 5.91. The van der Waals surface area contributed by atoms with Gasteiger partial charge in [-0.3, -0.25) is 4.79 Å². The van der Waals surface area contributed by atoms with Crippen molar-refractivity contribution < 1.29 is 0 Å². The number of rotatable bonds is 6. The van der Waals surface area contributed by atoms with Crippen LogP contribution in [0.1, 0.15) is 43.9 Å². The van der Waals surface area contributed by atoms with E-state index in [9.17, 15) is 4.79 Å². The molecule has 0 amide bonds. The molecule has 0 N–H and O–H groups in total. The Hall–Kier alpha value is -1.15. The third-order valence-corrected chi connectivity index (χ3v) is 4.37. The molecule has 0 bridgehead atoms. The van der Waals surface area contributed by atoms with Crippen molar-refractivity contribution in [3.63, 3.8) is 0 Å². The summed E-state index contributed by atoms with van der Waals surface area (Å²) >= 11 is 1.76. The maximum atomic E-state index is 11.9. The van der Waals surface area contributed by atoms with E-state index < -0.39 is 0 Å². The quantitative estimate of drug-likeness (QED) is 0.683. The number of aryl methyl sites for hydroxylation is 1. The number of benzene rings is 1. The van der Waals surface area contributed by atoms with Gasteiger partial charge in [0.25, 0.3) is 0 Å². The van der Waals surface area contributed by atoms with Crippen molar-refractivity contribution in [2.75, 3.05) is 0 Å². The zero-order valence-electron chi connectivity index (χ0n) is 10.9. The van der Waals surface area contributed by atoms with Gasteiger partial charge in [-0.25, -0.2) is 0 Å². The number of hydrogen-bond donors (Lipinski definition) is 0. The lowest BCUT2D eigenvalue weighted by Gasteiger charge is -2.02. The highest BCUT2D eigenvalue weighted by Crippen LogP contribution is 2.20. The third kappa shape index (κ3) is 3.42. The minimum atomic E-state index is 0.174. The summed E-state index contributed by atoms with van der Waals surface area (Å²) in [5.74, 6) is 0. The molecule has 1 nitrogen and oxygen atoms in total. The van der Waals surface area contributed by atoms with Gasteiger partial charge in [-0.05, 0) is 31.0 Å². The van der Waals surface area contributed by atoms with E-state index in [-0.39, 0.29) is 5.43 Å². The molecule has 1 heterocycles. The molecule has 2 aromatic rings. The monoisotopic (exact) mass is 260 g/mol. The summed E-state index contributed by atoms with van der Waals surface area (Å²) in [5, 5.41) is 0.859. The van der Waals surface area contributed by atoms with E-state index in [1.807, 2.05) is 30.3 Å². The fourth-order valence-electron chi connectivity index (χ4n) is 2.18. The fourth-order valence-corrected chi connectivity index (χ4v) is 3.30. The molecule has 0 radical (unpaired) electrons. The molecular weight excluding hydrogens is 240 g/mol. The van der Waals surface area contributed by atoms with E-state index in [4.69, 9.17) is 0 Å². The molecule has 0 aliphatic carbocycles. The standard InChI is InChI=1S/C16H20OS/c1-2-3-4-5-6-9-13-12-15(17)14-10-7-8-11-16(14)18-13/h7-8,10-12H,2-6,9H2,1H3. The van der Waals surface area contributed by atoms with Crippen LogP contribution < -0.4 is 5.43 Å². The molecule has 2 heteroatoms. The molecule has 0 fully saturated rings. The zero-order chi connectivity index (χ0) is 12.8. The van der Waals surface area contributed by atoms with Crippen molar-refractivity contribution in [1.82, 2.24) is 0 Å². The summed E-state index contributed by atoms with van der Waals surface area (Å²) in [5.41, 5.74) is 0.174. The molecule has 1 aromatic carbocycles. The molecule has 0 atom stereocenters.